The first-order valence-electron chi connectivity index (χ1n) is 4.35. The van der Waals surface area contributed by atoms with Gasteiger partial charge in [-0.25, -0.2) is 4.79 Å². The van der Waals surface area contributed by atoms with E-state index in [1.54, 1.807) is 0 Å². The van der Waals surface area contributed by atoms with Crippen molar-refractivity contribution in [1.82, 2.24) is 10.2 Å². The molecule has 1 aliphatic heterocycles. The van der Waals surface area contributed by atoms with Crippen LogP contribution in [0.4, 0.5) is 4.79 Å². The number of hydrogen-bond donors (Lipinski definition) is 2. The number of urea groups is 1. The third-order valence-electron chi connectivity index (χ3n) is 2.68. The van der Waals surface area contributed by atoms with Gasteiger partial charge in [0.1, 0.15) is 0 Å². The van der Waals surface area contributed by atoms with Crippen LogP contribution in [0, 0.1) is 0 Å². The molecular weight excluding hydrogens is 156 g/mol. The van der Waals surface area contributed by atoms with Gasteiger partial charge < -0.3 is 15.3 Å². The standard InChI is InChI=1S/C8H14N2O2/c1-8(12)4-6(5-8)10-3-2-9-7(10)11/h6,12H,2-5H2,1H3,(H,9,11). The van der Waals surface area contributed by atoms with E-state index in [1.807, 2.05) is 11.8 Å². The monoisotopic (exact) mass is 170 g/mol. The van der Waals surface area contributed by atoms with E-state index in [1.165, 1.54) is 0 Å². The summed E-state index contributed by atoms with van der Waals surface area (Å²) < 4.78 is 0. The molecule has 1 saturated heterocycles. The quantitative estimate of drug-likeness (QED) is 0.578. The Morgan fingerprint density at radius 3 is 2.75 bits per heavy atom. The highest BCUT2D eigenvalue weighted by Gasteiger charge is 2.44. The molecule has 0 aromatic rings. The number of carbonyl (C=O) groups excluding carboxylic acids is 1. The molecule has 2 fully saturated rings. The van der Waals surface area contributed by atoms with Crippen LogP contribution >= 0.6 is 0 Å². The highest BCUT2D eigenvalue weighted by Crippen LogP contribution is 2.35. The molecule has 0 unspecified atom stereocenters. The third kappa shape index (κ3) is 1.16. The van der Waals surface area contributed by atoms with E-state index < -0.39 is 5.60 Å². The van der Waals surface area contributed by atoms with Gasteiger partial charge >= 0.3 is 6.03 Å². The summed E-state index contributed by atoms with van der Waals surface area (Å²) in [4.78, 5) is 13.0. The second-order valence-corrected chi connectivity index (χ2v) is 3.98. The highest BCUT2D eigenvalue weighted by atomic mass is 16.3. The molecule has 2 rings (SSSR count). The number of carbonyl (C=O) groups is 1. The first-order valence-corrected chi connectivity index (χ1v) is 4.35. The van der Waals surface area contributed by atoms with Gasteiger partial charge in [0.25, 0.3) is 0 Å². The average molecular weight is 170 g/mol. The second-order valence-electron chi connectivity index (χ2n) is 3.98. The van der Waals surface area contributed by atoms with Gasteiger partial charge in [0, 0.05) is 19.1 Å². The molecule has 2 aliphatic rings. The lowest BCUT2D eigenvalue weighted by molar-refractivity contribution is -0.0629. The van der Waals surface area contributed by atoms with Crippen molar-refractivity contribution >= 4 is 6.03 Å². The second kappa shape index (κ2) is 2.36. The van der Waals surface area contributed by atoms with Crippen LogP contribution in [0.15, 0.2) is 0 Å². The van der Waals surface area contributed by atoms with Gasteiger partial charge in [0.05, 0.1) is 5.60 Å². The first-order chi connectivity index (χ1) is 5.58. The molecule has 0 bridgehead atoms. The van der Waals surface area contributed by atoms with E-state index in [9.17, 15) is 9.90 Å². The number of hydrogen-bond acceptors (Lipinski definition) is 2. The Morgan fingerprint density at radius 1 is 1.67 bits per heavy atom. The fraction of sp³-hybridized carbons (Fsp3) is 0.875. The Morgan fingerprint density at radius 2 is 2.33 bits per heavy atom. The zero-order valence-electron chi connectivity index (χ0n) is 7.21. The lowest BCUT2D eigenvalue weighted by Gasteiger charge is -2.44. The van der Waals surface area contributed by atoms with Gasteiger partial charge in [-0.2, -0.15) is 0 Å². The Labute approximate surface area is 71.5 Å². The van der Waals surface area contributed by atoms with Crippen LogP contribution in [-0.4, -0.2) is 40.8 Å². The molecule has 68 valence electrons. The number of amides is 2. The smallest absolute Gasteiger partial charge is 0.317 e. The molecule has 1 heterocycles. The van der Waals surface area contributed by atoms with Gasteiger partial charge in [0.15, 0.2) is 0 Å². The maximum atomic E-state index is 11.2. The maximum absolute atomic E-state index is 11.2. The Hall–Kier alpha value is -0.770. The Balaban J connectivity index is 1.92. The molecule has 2 amide bonds. The van der Waals surface area contributed by atoms with Crippen molar-refractivity contribution < 1.29 is 9.90 Å². The predicted molar refractivity (Wildman–Crippen MR) is 43.8 cm³/mol. The predicted octanol–water partition coefficient (Wildman–Crippen LogP) is -0.0750. The van der Waals surface area contributed by atoms with Crippen LogP contribution in [0.25, 0.3) is 0 Å². The van der Waals surface area contributed by atoms with Crippen LogP contribution < -0.4 is 5.32 Å². The van der Waals surface area contributed by atoms with Crippen LogP contribution in [0.5, 0.6) is 0 Å². The molecule has 0 aromatic heterocycles. The zero-order valence-corrected chi connectivity index (χ0v) is 7.21. The van der Waals surface area contributed by atoms with E-state index in [0.717, 1.165) is 25.9 Å². The minimum absolute atomic E-state index is 0.0236. The number of rotatable bonds is 1. The fourth-order valence-corrected chi connectivity index (χ4v) is 2.01. The summed E-state index contributed by atoms with van der Waals surface area (Å²) in [5.41, 5.74) is -0.534. The molecule has 0 atom stereocenters. The van der Waals surface area contributed by atoms with Crippen molar-refractivity contribution in [2.45, 2.75) is 31.4 Å². The lowest BCUT2D eigenvalue weighted by atomic mass is 9.76. The topological polar surface area (TPSA) is 52.6 Å². The van der Waals surface area contributed by atoms with Gasteiger partial charge in [-0.15, -0.1) is 0 Å². The highest BCUT2D eigenvalue weighted by molar-refractivity contribution is 5.76. The maximum Gasteiger partial charge on any atom is 0.317 e. The van der Waals surface area contributed by atoms with Crippen LogP contribution in [-0.2, 0) is 0 Å². The van der Waals surface area contributed by atoms with Crippen LogP contribution in [0.2, 0.25) is 0 Å². The van der Waals surface area contributed by atoms with E-state index in [-0.39, 0.29) is 12.1 Å². The molecular formula is C8H14N2O2. The van der Waals surface area contributed by atoms with E-state index >= 15 is 0 Å². The van der Waals surface area contributed by atoms with E-state index in [2.05, 4.69) is 5.32 Å². The van der Waals surface area contributed by atoms with E-state index in [4.69, 9.17) is 0 Å². The van der Waals surface area contributed by atoms with Crippen molar-refractivity contribution in [3.05, 3.63) is 0 Å². The number of nitrogens with one attached hydrogen (secondary N) is 1. The summed E-state index contributed by atoms with van der Waals surface area (Å²) in [6, 6.07) is 0.290. The van der Waals surface area contributed by atoms with Gasteiger partial charge in [-0.1, -0.05) is 0 Å². The lowest BCUT2D eigenvalue weighted by Crippen LogP contribution is -2.54. The molecule has 0 radical (unpaired) electrons. The molecule has 4 heteroatoms. The molecule has 4 nitrogen and oxygen atoms in total. The fourth-order valence-electron chi connectivity index (χ4n) is 2.01. The largest absolute Gasteiger partial charge is 0.390 e. The van der Waals surface area contributed by atoms with Crippen molar-refractivity contribution in [3.8, 4) is 0 Å². The number of nitrogens with zero attached hydrogens (tertiary/aromatic N) is 1. The Kier molecular flexibility index (Phi) is 1.54. The summed E-state index contributed by atoms with van der Waals surface area (Å²) in [6.07, 6.45) is 1.45. The SMILES string of the molecule is CC1(O)CC(N2CCNC2=O)C1. The van der Waals surface area contributed by atoms with Gasteiger partial charge in [0.2, 0.25) is 0 Å². The Bertz CT molecular complexity index is 207. The van der Waals surface area contributed by atoms with Crippen molar-refractivity contribution in [2.75, 3.05) is 13.1 Å². The first kappa shape index (κ1) is 7.86. The summed E-state index contributed by atoms with van der Waals surface area (Å²) in [5.74, 6) is 0. The third-order valence-corrected chi connectivity index (χ3v) is 2.68. The average Bonchev–Trinajstić information content (AvgIpc) is 2.30. The van der Waals surface area contributed by atoms with Crippen LogP contribution in [0.1, 0.15) is 19.8 Å². The molecule has 12 heavy (non-hydrogen) atoms. The number of aliphatic hydroxyl groups is 1. The molecule has 2 N–H and O–H groups in total. The van der Waals surface area contributed by atoms with E-state index in [0.29, 0.717) is 0 Å². The molecule has 1 aliphatic carbocycles. The molecule has 0 spiro atoms. The molecule has 1 saturated carbocycles. The zero-order chi connectivity index (χ0) is 8.77. The van der Waals surface area contributed by atoms with Crippen molar-refractivity contribution in [1.29, 1.82) is 0 Å². The summed E-state index contributed by atoms with van der Waals surface area (Å²) in [5, 5.41) is 12.2. The summed E-state index contributed by atoms with van der Waals surface area (Å²) in [6.45, 7) is 3.36. The van der Waals surface area contributed by atoms with Crippen molar-refractivity contribution in [2.24, 2.45) is 0 Å². The summed E-state index contributed by atoms with van der Waals surface area (Å²) >= 11 is 0. The van der Waals surface area contributed by atoms with Crippen molar-refractivity contribution in [3.63, 3.8) is 0 Å². The minimum Gasteiger partial charge on any atom is -0.390 e. The van der Waals surface area contributed by atoms with Gasteiger partial charge in [-0.3, -0.25) is 0 Å². The molecule has 0 aromatic carbocycles. The van der Waals surface area contributed by atoms with Crippen LogP contribution in [0.3, 0.4) is 0 Å². The normalized spacial score (nSPS) is 41.0. The van der Waals surface area contributed by atoms with Gasteiger partial charge in [-0.05, 0) is 19.8 Å². The summed E-state index contributed by atoms with van der Waals surface area (Å²) in [7, 11) is 0. The minimum atomic E-state index is -0.534.